The van der Waals surface area contributed by atoms with Crippen molar-refractivity contribution in [2.24, 2.45) is 0 Å². The lowest BCUT2D eigenvalue weighted by atomic mass is 10.2. The Morgan fingerprint density at radius 2 is 2.00 bits per heavy atom. The van der Waals surface area contributed by atoms with E-state index in [-0.39, 0.29) is 11.7 Å². The predicted molar refractivity (Wildman–Crippen MR) is 55.1 cm³/mol. The largest absolute Gasteiger partial charge is 0.481 e. The summed E-state index contributed by atoms with van der Waals surface area (Å²) in [6.07, 6.45) is 0. The Bertz CT molecular complexity index is 402. The van der Waals surface area contributed by atoms with E-state index in [0.29, 0.717) is 17.3 Å². The van der Waals surface area contributed by atoms with Gasteiger partial charge in [0.2, 0.25) is 11.8 Å². The molecule has 1 aromatic heterocycles. The number of Topliss-reactive ketones (excluding diaryl/α,β-unsaturated/α-hetero) is 1. The van der Waals surface area contributed by atoms with Crippen LogP contribution in [0.5, 0.6) is 5.88 Å². The number of aromatic nitrogens is 1. The summed E-state index contributed by atoms with van der Waals surface area (Å²) in [5.74, 6) is 0.256. The van der Waals surface area contributed by atoms with Gasteiger partial charge in [-0.1, -0.05) is 0 Å². The van der Waals surface area contributed by atoms with Crippen molar-refractivity contribution in [1.82, 2.24) is 4.98 Å². The third-order valence-corrected chi connectivity index (χ3v) is 1.72. The van der Waals surface area contributed by atoms with Crippen LogP contribution in [0.1, 0.15) is 24.2 Å². The van der Waals surface area contributed by atoms with E-state index in [9.17, 15) is 9.59 Å². The molecule has 0 saturated carbocycles. The number of rotatable bonds is 3. The van der Waals surface area contributed by atoms with Crippen LogP contribution in [0.25, 0.3) is 0 Å². The van der Waals surface area contributed by atoms with Gasteiger partial charge in [-0.25, -0.2) is 0 Å². The van der Waals surface area contributed by atoms with Gasteiger partial charge in [0.15, 0.2) is 5.78 Å². The van der Waals surface area contributed by atoms with Crippen molar-refractivity contribution in [2.75, 3.05) is 12.4 Å². The second-order valence-electron chi connectivity index (χ2n) is 3.02. The Morgan fingerprint density at radius 3 is 2.47 bits per heavy atom. The highest BCUT2D eigenvalue weighted by atomic mass is 16.5. The number of hydrogen-bond donors (Lipinski definition) is 1. The normalized spacial score (nSPS) is 9.53. The van der Waals surface area contributed by atoms with Crippen LogP contribution in [0.3, 0.4) is 0 Å². The number of nitrogens with one attached hydrogen (secondary N) is 1. The first-order chi connectivity index (χ1) is 7.02. The molecule has 1 N–H and O–H groups in total. The zero-order valence-corrected chi connectivity index (χ0v) is 8.83. The third kappa shape index (κ3) is 3.05. The lowest BCUT2D eigenvalue weighted by molar-refractivity contribution is -0.114. The SMILES string of the molecule is COc1cc(C(C)=O)cc(NC(C)=O)n1. The lowest BCUT2D eigenvalue weighted by Gasteiger charge is -2.06. The van der Waals surface area contributed by atoms with Crippen LogP contribution in [-0.2, 0) is 4.79 Å². The summed E-state index contributed by atoms with van der Waals surface area (Å²) in [4.78, 5) is 25.9. The fourth-order valence-corrected chi connectivity index (χ4v) is 1.06. The quantitative estimate of drug-likeness (QED) is 0.759. The average Bonchev–Trinajstić information content (AvgIpc) is 2.16. The van der Waals surface area contributed by atoms with E-state index in [1.165, 1.54) is 33.1 Å². The van der Waals surface area contributed by atoms with E-state index in [4.69, 9.17) is 4.74 Å². The van der Waals surface area contributed by atoms with Gasteiger partial charge >= 0.3 is 0 Å². The fraction of sp³-hybridized carbons (Fsp3) is 0.300. The number of anilines is 1. The number of ether oxygens (including phenoxy) is 1. The van der Waals surface area contributed by atoms with E-state index in [1.54, 1.807) is 0 Å². The van der Waals surface area contributed by atoms with Crippen molar-refractivity contribution in [3.63, 3.8) is 0 Å². The molecule has 1 rings (SSSR count). The fourth-order valence-electron chi connectivity index (χ4n) is 1.06. The van der Waals surface area contributed by atoms with E-state index in [1.807, 2.05) is 0 Å². The number of carbonyl (C=O) groups is 2. The van der Waals surface area contributed by atoms with Gasteiger partial charge in [-0.15, -0.1) is 0 Å². The van der Waals surface area contributed by atoms with Crippen molar-refractivity contribution in [1.29, 1.82) is 0 Å². The van der Waals surface area contributed by atoms with Crippen LogP contribution in [0, 0.1) is 0 Å². The van der Waals surface area contributed by atoms with E-state index in [2.05, 4.69) is 10.3 Å². The molecule has 0 saturated heterocycles. The number of hydrogen-bond acceptors (Lipinski definition) is 4. The predicted octanol–water partition coefficient (Wildman–Crippen LogP) is 1.25. The van der Waals surface area contributed by atoms with Crippen molar-refractivity contribution in [2.45, 2.75) is 13.8 Å². The summed E-state index contributed by atoms with van der Waals surface area (Å²) >= 11 is 0. The minimum atomic E-state index is -0.245. The Morgan fingerprint density at radius 1 is 1.33 bits per heavy atom. The van der Waals surface area contributed by atoms with Gasteiger partial charge < -0.3 is 10.1 Å². The molecule has 5 heteroatoms. The molecule has 80 valence electrons. The number of pyridine rings is 1. The van der Waals surface area contributed by atoms with Crippen LogP contribution >= 0.6 is 0 Å². The summed E-state index contributed by atoms with van der Waals surface area (Å²) in [5.41, 5.74) is 0.450. The zero-order valence-electron chi connectivity index (χ0n) is 8.83. The monoisotopic (exact) mass is 208 g/mol. The summed E-state index contributed by atoms with van der Waals surface area (Å²) in [6.45, 7) is 2.81. The number of carbonyl (C=O) groups excluding carboxylic acids is 2. The van der Waals surface area contributed by atoms with E-state index < -0.39 is 0 Å². The van der Waals surface area contributed by atoms with Crippen LogP contribution in [-0.4, -0.2) is 23.8 Å². The standard InChI is InChI=1S/C10H12N2O3/c1-6(13)8-4-9(11-7(2)14)12-10(5-8)15-3/h4-5H,1-3H3,(H,11,12,14). The second kappa shape index (κ2) is 4.54. The third-order valence-electron chi connectivity index (χ3n) is 1.72. The first kappa shape index (κ1) is 11.2. The first-order valence-corrected chi connectivity index (χ1v) is 4.37. The van der Waals surface area contributed by atoms with Gasteiger partial charge in [-0.3, -0.25) is 9.59 Å². The van der Waals surface area contributed by atoms with Gasteiger partial charge in [0, 0.05) is 18.6 Å². The van der Waals surface area contributed by atoms with Crippen LogP contribution in [0.2, 0.25) is 0 Å². The lowest BCUT2D eigenvalue weighted by Crippen LogP contribution is -2.09. The molecule has 0 spiro atoms. The molecular formula is C10H12N2O3. The van der Waals surface area contributed by atoms with Crippen LogP contribution in [0.15, 0.2) is 12.1 Å². The average molecular weight is 208 g/mol. The summed E-state index contributed by atoms with van der Waals surface area (Å²) < 4.78 is 4.91. The van der Waals surface area contributed by atoms with Gasteiger partial charge in [0.1, 0.15) is 5.82 Å². The highest BCUT2D eigenvalue weighted by Crippen LogP contribution is 2.16. The smallest absolute Gasteiger partial charge is 0.222 e. The minimum Gasteiger partial charge on any atom is -0.481 e. The van der Waals surface area contributed by atoms with Crippen molar-refractivity contribution >= 4 is 17.5 Å². The highest BCUT2D eigenvalue weighted by Gasteiger charge is 2.07. The van der Waals surface area contributed by atoms with Crippen molar-refractivity contribution in [3.05, 3.63) is 17.7 Å². The molecule has 0 aliphatic rings. The Labute approximate surface area is 87.5 Å². The molecule has 1 heterocycles. The second-order valence-corrected chi connectivity index (χ2v) is 3.02. The maximum Gasteiger partial charge on any atom is 0.222 e. The van der Waals surface area contributed by atoms with Crippen molar-refractivity contribution in [3.8, 4) is 5.88 Å². The number of methoxy groups -OCH3 is 1. The van der Waals surface area contributed by atoms with Crippen molar-refractivity contribution < 1.29 is 14.3 Å². The van der Waals surface area contributed by atoms with Gasteiger partial charge in [0.25, 0.3) is 0 Å². The topological polar surface area (TPSA) is 68.3 Å². The Balaban J connectivity index is 3.11. The molecule has 0 atom stereocenters. The minimum absolute atomic E-state index is 0.109. The molecule has 0 aliphatic carbocycles. The van der Waals surface area contributed by atoms with E-state index in [0.717, 1.165) is 0 Å². The van der Waals surface area contributed by atoms with Gasteiger partial charge in [0.05, 0.1) is 7.11 Å². The van der Waals surface area contributed by atoms with Crippen LogP contribution < -0.4 is 10.1 Å². The summed E-state index contributed by atoms with van der Waals surface area (Å²) in [7, 11) is 1.45. The number of nitrogens with zero attached hydrogens (tertiary/aromatic N) is 1. The molecule has 1 aromatic rings. The molecule has 0 aromatic carbocycles. The van der Waals surface area contributed by atoms with E-state index >= 15 is 0 Å². The Kier molecular flexibility index (Phi) is 3.38. The molecule has 0 fully saturated rings. The molecule has 0 unspecified atom stereocenters. The number of amides is 1. The first-order valence-electron chi connectivity index (χ1n) is 4.37. The zero-order chi connectivity index (χ0) is 11.4. The molecular weight excluding hydrogens is 196 g/mol. The highest BCUT2D eigenvalue weighted by molar-refractivity contribution is 5.96. The molecule has 0 radical (unpaired) electrons. The molecule has 1 amide bonds. The van der Waals surface area contributed by atoms with Crippen LogP contribution in [0.4, 0.5) is 5.82 Å². The number of ketones is 1. The van der Waals surface area contributed by atoms with Gasteiger partial charge in [-0.2, -0.15) is 4.98 Å². The Hall–Kier alpha value is -1.91. The molecule has 15 heavy (non-hydrogen) atoms. The van der Waals surface area contributed by atoms with Gasteiger partial charge in [-0.05, 0) is 13.0 Å². The molecule has 0 bridgehead atoms. The summed E-state index contributed by atoms with van der Waals surface area (Å²) in [5, 5.41) is 2.49. The maximum absolute atomic E-state index is 11.2. The maximum atomic E-state index is 11.2. The molecule has 5 nitrogen and oxygen atoms in total. The summed E-state index contributed by atoms with van der Waals surface area (Å²) in [6, 6.07) is 3.03. The molecule has 0 aliphatic heterocycles.